The van der Waals surface area contributed by atoms with Gasteiger partial charge in [0.15, 0.2) is 11.5 Å². The van der Waals surface area contributed by atoms with Crippen molar-refractivity contribution >= 4 is 21.4 Å². The Labute approximate surface area is 191 Å². The number of ether oxygens (including phenoxy) is 2. The number of aryl methyl sites for hydroxylation is 2. The molecule has 1 aromatic heterocycles. The molecule has 3 aromatic carbocycles. The van der Waals surface area contributed by atoms with Crippen molar-refractivity contribution in [1.82, 2.24) is 4.98 Å². The average Bonchev–Trinajstić information content (AvgIpc) is 3.25. The van der Waals surface area contributed by atoms with Crippen molar-refractivity contribution in [1.29, 1.82) is 0 Å². The largest absolute Gasteiger partial charge is 0.486 e. The van der Waals surface area contributed by atoms with Gasteiger partial charge in [0.05, 0.1) is 4.90 Å². The highest BCUT2D eigenvalue weighted by Crippen LogP contribution is 2.38. The zero-order valence-electron chi connectivity index (χ0n) is 18.2. The van der Waals surface area contributed by atoms with Gasteiger partial charge >= 0.3 is 0 Å². The first kappa shape index (κ1) is 21.1. The highest BCUT2D eigenvalue weighted by molar-refractivity contribution is 7.91. The highest BCUT2D eigenvalue weighted by atomic mass is 32.2. The fourth-order valence-corrected chi connectivity index (χ4v) is 4.81. The van der Waals surface area contributed by atoms with Gasteiger partial charge in [-0.2, -0.15) is 4.98 Å². The first-order valence-corrected chi connectivity index (χ1v) is 11.9. The topological polar surface area (TPSA) is 90.7 Å². The Kier molecular flexibility index (Phi) is 5.30. The Morgan fingerprint density at radius 3 is 2.36 bits per heavy atom. The Morgan fingerprint density at radius 2 is 1.61 bits per heavy atom. The molecule has 1 N–H and O–H groups in total. The zero-order valence-corrected chi connectivity index (χ0v) is 19.0. The molecular formula is C25H22N2O5S. The Balaban J connectivity index is 1.62. The summed E-state index contributed by atoms with van der Waals surface area (Å²) < 4.78 is 44.3. The number of aromatic nitrogens is 1. The molecule has 5 rings (SSSR count). The molecule has 0 amide bonds. The molecule has 0 spiro atoms. The molecule has 0 saturated heterocycles. The normalized spacial score (nSPS) is 13.0. The molecule has 2 heterocycles. The summed E-state index contributed by atoms with van der Waals surface area (Å²) in [5.74, 6) is 1.16. The standard InChI is InChI=1S/C25H22N2O5S/c1-16-6-8-19(9-7-16)26-24-25(27-23(32-24)18-5-3-4-17(2)14-18)33(28,29)20-10-11-21-22(15-20)31-13-12-30-21/h3-11,14-15,26H,12-13H2,1-2H3. The minimum atomic E-state index is -4.03. The minimum Gasteiger partial charge on any atom is -0.486 e. The Hall–Kier alpha value is -3.78. The van der Waals surface area contributed by atoms with E-state index < -0.39 is 9.84 Å². The van der Waals surface area contributed by atoms with Crippen molar-refractivity contribution in [2.75, 3.05) is 18.5 Å². The maximum absolute atomic E-state index is 13.6. The summed E-state index contributed by atoms with van der Waals surface area (Å²) in [6.45, 7) is 4.71. The van der Waals surface area contributed by atoms with Crippen molar-refractivity contribution in [2.24, 2.45) is 0 Å². The Morgan fingerprint density at radius 1 is 0.848 bits per heavy atom. The number of benzene rings is 3. The molecule has 0 saturated carbocycles. The lowest BCUT2D eigenvalue weighted by atomic mass is 10.1. The summed E-state index contributed by atoms with van der Waals surface area (Å²) in [6.07, 6.45) is 0. The van der Waals surface area contributed by atoms with Crippen LogP contribution in [0.2, 0.25) is 0 Å². The van der Waals surface area contributed by atoms with Crippen LogP contribution in [-0.2, 0) is 9.84 Å². The molecule has 33 heavy (non-hydrogen) atoms. The maximum Gasteiger partial charge on any atom is 0.238 e. The lowest BCUT2D eigenvalue weighted by Gasteiger charge is -2.18. The number of rotatable bonds is 5. The van der Waals surface area contributed by atoms with Gasteiger partial charge in [0.1, 0.15) is 13.2 Å². The lowest BCUT2D eigenvalue weighted by molar-refractivity contribution is 0.171. The molecule has 4 aromatic rings. The summed E-state index contributed by atoms with van der Waals surface area (Å²) in [4.78, 5) is 4.45. The zero-order chi connectivity index (χ0) is 23.0. The van der Waals surface area contributed by atoms with Crippen molar-refractivity contribution < 1.29 is 22.3 Å². The van der Waals surface area contributed by atoms with E-state index in [9.17, 15) is 8.42 Å². The third kappa shape index (κ3) is 4.17. The molecule has 8 heteroatoms. The quantitative estimate of drug-likeness (QED) is 0.430. The number of oxazole rings is 1. The van der Waals surface area contributed by atoms with E-state index in [1.165, 1.54) is 12.1 Å². The summed E-state index contributed by atoms with van der Waals surface area (Å²) in [5, 5.41) is 2.88. The van der Waals surface area contributed by atoms with Crippen LogP contribution in [0.5, 0.6) is 11.5 Å². The summed E-state index contributed by atoms with van der Waals surface area (Å²) in [7, 11) is -4.03. The lowest BCUT2D eigenvalue weighted by Crippen LogP contribution is -2.16. The SMILES string of the molecule is Cc1ccc(Nc2oc(-c3cccc(C)c3)nc2S(=O)(=O)c2ccc3c(c2)OCCO3)cc1. The molecule has 0 fully saturated rings. The molecular weight excluding hydrogens is 440 g/mol. The van der Waals surface area contributed by atoms with Crippen molar-refractivity contribution in [3.05, 3.63) is 77.9 Å². The van der Waals surface area contributed by atoms with Gasteiger partial charge in [-0.05, 0) is 50.2 Å². The van der Waals surface area contributed by atoms with Gasteiger partial charge < -0.3 is 19.2 Å². The van der Waals surface area contributed by atoms with E-state index in [0.29, 0.717) is 36.0 Å². The monoisotopic (exact) mass is 462 g/mol. The number of sulfone groups is 1. The predicted molar refractivity (Wildman–Crippen MR) is 124 cm³/mol. The van der Waals surface area contributed by atoms with Crippen LogP contribution in [0, 0.1) is 13.8 Å². The van der Waals surface area contributed by atoms with E-state index in [4.69, 9.17) is 13.9 Å². The van der Waals surface area contributed by atoms with Crippen LogP contribution >= 0.6 is 0 Å². The van der Waals surface area contributed by atoms with E-state index in [-0.39, 0.29) is 21.7 Å². The molecule has 0 radical (unpaired) electrons. The first-order valence-electron chi connectivity index (χ1n) is 10.5. The van der Waals surface area contributed by atoms with Crippen LogP contribution in [0.25, 0.3) is 11.5 Å². The van der Waals surface area contributed by atoms with Crippen LogP contribution in [0.1, 0.15) is 11.1 Å². The van der Waals surface area contributed by atoms with E-state index in [0.717, 1.165) is 11.1 Å². The number of hydrogen-bond donors (Lipinski definition) is 1. The van der Waals surface area contributed by atoms with Gasteiger partial charge in [-0.15, -0.1) is 0 Å². The van der Waals surface area contributed by atoms with Gasteiger partial charge in [0, 0.05) is 17.3 Å². The number of nitrogens with one attached hydrogen (secondary N) is 1. The molecule has 0 aliphatic carbocycles. The van der Waals surface area contributed by atoms with E-state index in [2.05, 4.69) is 10.3 Å². The van der Waals surface area contributed by atoms with Crippen molar-refractivity contribution in [3.63, 3.8) is 0 Å². The molecule has 0 unspecified atom stereocenters. The van der Waals surface area contributed by atoms with Crippen LogP contribution in [0.15, 0.2) is 81.1 Å². The van der Waals surface area contributed by atoms with Gasteiger partial charge in [0.25, 0.3) is 0 Å². The number of nitrogens with zero attached hydrogens (tertiary/aromatic N) is 1. The second kappa shape index (κ2) is 8.29. The molecule has 0 atom stereocenters. The van der Waals surface area contributed by atoms with Crippen LogP contribution in [0.3, 0.4) is 0 Å². The van der Waals surface area contributed by atoms with E-state index in [1.54, 1.807) is 6.07 Å². The van der Waals surface area contributed by atoms with Crippen LogP contribution in [0.4, 0.5) is 11.6 Å². The third-order valence-corrected chi connectivity index (χ3v) is 6.91. The molecule has 168 valence electrons. The maximum atomic E-state index is 13.6. The fraction of sp³-hybridized carbons (Fsp3) is 0.160. The number of hydrogen-bond acceptors (Lipinski definition) is 7. The third-order valence-electron chi connectivity index (χ3n) is 5.25. The average molecular weight is 463 g/mol. The summed E-state index contributed by atoms with van der Waals surface area (Å²) in [6, 6.07) is 19.6. The van der Waals surface area contributed by atoms with Crippen LogP contribution in [-0.4, -0.2) is 26.6 Å². The van der Waals surface area contributed by atoms with Gasteiger partial charge in [-0.25, -0.2) is 8.42 Å². The highest BCUT2D eigenvalue weighted by Gasteiger charge is 2.30. The van der Waals surface area contributed by atoms with Gasteiger partial charge in [-0.1, -0.05) is 35.4 Å². The summed E-state index contributed by atoms with van der Waals surface area (Å²) in [5.41, 5.74) is 3.47. The second-order valence-electron chi connectivity index (χ2n) is 7.82. The van der Waals surface area contributed by atoms with Gasteiger partial charge in [0.2, 0.25) is 26.6 Å². The minimum absolute atomic E-state index is 0.0443. The molecule has 1 aliphatic rings. The van der Waals surface area contributed by atoms with E-state index >= 15 is 0 Å². The summed E-state index contributed by atoms with van der Waals surface area (Å²) >= 11 is 0. The smallest absolute Gasteiger partial charge is 0.238 e. The second-order valence-corrected chi connectivity index (χ2v) is 9.69. The Bertz CT molecular complexity index is 1430. The van der Waals surface area contributed by atoms with Crippen LogP contribution < -0.4 is 14.8 Å². The molecule has 7 nitrogen and oxygen atoms in total. The molecule has 1 aliphatic heterocycles. The number of fused-ring (bicyclic) bond motifs is 1. The van der Waals surface area contributed by atoms with Crippen molar-refractivity contribution in [2.45, 2.75) is 23.8 Å². The number of anilines is 2. The molecule has 0 bridgehead atoms. The van der Waals surface area contributed by atoms with Gasteiger partial charge in [-0.3, -0.25) is 0 Å². The first-order chi connectivity index (χ1) is 15.9. The van der Waals surface area contributed by atoms with E-state index in [1.807, 2.05) is 62.4 Å². The van der Waals surface area contributed by atoms with Crippen molar-refractivity contribution in [3.8, 4) is 23.0 Å². The fourth-order valence-electron chi connectivity index (χ4n) is 3.54. The predicted octanol–water partition coefficient (Wildman–Crippen LogP) is 5.31.